The van der Waals surface area contributed by atoms with Crippen molar-refractivity contribution in [1.29, 1.82) is 0 Å². The minimum Gasteiger partial charge on any atom is -0.398 e. The molecule has 5 heterocycles. The molecule has 0 atom stereocenters. The van der Waals surface area contributed by atoms with Crippen molar-refractivity contribution >= 4 is 39.8 Å². The van der Waals surface area contributed by atoms with Crippen LogP contribution >= 0.6 is 11.6 Å². The molecule has 2 aliphatic heterocycles. The van der Waals surface area contributed by atoms with Crippen molar-refractivity contribution in [2.24, 2.45) is 0 Å². The molecule has 9 nitrogen and oxygen atoms in total. The first-order chi connectivity index (χ1) is 16.6. The molecule has 1 aromatic carbocycles. The predicted molar refractivity (Wildman–Crippen MR) is 133 cm³/mol. The molecule has 34 heavy (non-hydrogen) atoms. The Balaban J connectivity index is 1.22. The van der Waals surface area contributed by atoms with Gasteiger partial charge in [-0.15, -0.1) is 0 Å². The lowest BCUT2D eigenvalue weighted by atomic mass is 10.0. The highest BCUT2D eigenvalue weighted by atomic mass is 35.5. The number of fused-ring (bicyclic) bond motifs is 1. The number of anilines is 3. The fraction of sp³-hybridized carbons (Fsp3) is 0.375. The maximum Gasteiger partial charge on any atom is 0.227 e. The molecule has 0 amide bonds. The summed E-state index contributed by atoms with van der Waals surface area (Å²) in [5, 5.41) is 9.35. The van der Waals surface area contributed by atoms with E-state index in [1.165, 1.54) is 0 Å². The van der Waals surface area contributed by atoms with Crippen LogP contribution in [0.4, 0.5) is 17.3 Å². The minimum atomic E-state index is 0.392. The van der Waals surface area contributed by atoms with Crippen LogP contribution in [0.25, 0.3) is 22.2 Å². The lowest BCUT2D eigenvalue weighted by molar-refractivity contribution is -0.0734. The number of H-pyrrole nitrogens is 1. The number of halogens is 1. The summed E-state index contributed by atoms with van der Waals surface area (Å²) in [6, 6.07) is 4.83. The summed E-state index contributed by atoms with van der Waals surface area (Å²) in [7, 11) is 0. The van der Waals surface area contributed by atoms with E-state index in [9.17, 15) is 0 Å². The Morgan fingerprint density at radius 3 is 2.76 bits per heavy atom. The van der Waals surface area contributed by atoms with Gasteiger partial charge in [0, 0.05) is 47.6 Å². The maximum atomic E-state index is 6.53. The quantitative estimate of drug-likeness (QED) is 0.369. The van der Waals surface area contributed by atoms with Crippen LogP contribution in [0.2, 0.25) is 5.02 Å². The number of nitrogen functional groups attached to an aromatic ring is 1. The summed E-state index contributed by atoms with van der Waals surface area (Å²) in [6.07, 6.45) is 9.57. The van der Waals surface area contributed by atoms with Crippen LogP contribution < -0.4 is 11.1 Å². The van der Waals surface area contributed by atoms with Crippen molar-refractivity contribution in [3.05, 3.63) is 47.5 Å². The summed E-state index contributed by atoms with van der Waals surface area (Å²) < 4.78 is 7.39. The van der Waals surface area contributed by atoms with Crippen LogP contribution in [0.15, 0.2) is 36.9 Å². The average Bonchev–Trinajstić information content (AvgIpc) is 3.42. The Morgan fingerprint density at radius 2 is 2.00 bits per heavy atom. The van der Waals surface area contributed by atoms with Crippen molar-refractivity contribution in [1.82, 2.24) is 29.6 Å². The maximum absolute atomic E-state index is 6.53. The van der Waals surface area contributed by atoms with E-state index in [0.29, 0.717) is 34.4 Å². The van der Waals surface area contributed by atoms with Crippen molar-refractivity contribution in [3.8, 4) is 11.3 Å². The molecule has 2 saturated heterocycles. The number of aromatic nitrogens is 5. The number of aryl methyl sites for hydroxylation is 1. The van der Waals surface area contributed by atoms with Gasteiger partial charge in [0.15, 0.2) is 0 Å². The van der Waals surface area contributed by atoms with Gasteiger partial charge in [0.05, 0.1) is 54.1 Å². The zero-order chi connectivity index (χ0) is 23.2. The summed E-state index contributed by atoms with van der Waals surface area (Å²) in [5.74, 6) is 0.448. The zero-order valence-corrected chi connectivity index (χ0v) is 19.7. The fourth-order valence-electron chi connectivity index (χ4n) is 4.95. The van der Waals surface area contributed by atoms with Gasteiger partial charge in [-0.1, -0.05) is 11.6 Å². The van der Waals surface area contributed by atoms with E-state index in [0.717, 1.165) is 66.9 Å². The summed E-state index contributed by atoms with van der Waals surface area (Å²) in [5.41, 5.74) is 11.3. The third-order valence-electron chi connectivity index (χ3n) is 6.92. The number of piperidine rings is 1. The van der Waals surface area contributed by atoms with E-state index in [4.69, 9.17) is 27.1 Å². The third kappa shape index (κ3) is 3.79. The zero-order valence-electron chi connectivity index (χ0n) is 19.0. The van der Waals surface area contributed by atoms with Crippen molar-refractivity contribution < 1.29 is 4.74 Å². The van der Waals surface area contributed by atoms with Crippen LogP contribution in [0, 0.1) is 6.92 Å². The van der Waals surface area contributed by atoms with Gasteiger partial charge in [0.25, 0.3) is 0 Å². The first-order valence-electron chi connectivity index (χ1n) is 11.6. The monoisotopic (exact) mass is 478 g/mol. The molecule has 6 rings (SSSR count). The molecule has 4 N–H and O–H groups in total. The molecule has 2 aliphatic rings. The number of hydrogen-bond acceptors (Lipinski definition) is 7. The molecule has 0 radical (unpaired) electrons. The highest BCUT2D eigenvalue weighted by Crippen LogP contribution is 2.38. The topological polar surface area (TPSA) is 110 Å². The van der Waals surface area contributed by atoms with E-state index in [1.54, 1.807) is 6.20 Å². The number of benzene rings is 1. The van der Waals surface area contributed by atoms with E-state index < -0.39 is 0 Å². The lowest BCUT2D eigenvalue weighted by Gasteiger charge is -2.41. The molecule has 2 fully saturated rings. The number of hydrogen-bond donors (Lipinski definition) is 3. The molecule has 0 saturated carbocycles. The predicted octanol–water partition coefficient (Wildman–Crippen LogP) is 4.14. The van der Waals surface area contributed by atoms with E-state index in [-0.39, 0.29) is 0 Å². The second-order valence-corrected chi connectivity index (χ2v) is 9.51. The molecule has 0 aliphatic carbocycles. The molecule has 10 heteroatoms. The van der Waals surface area contributed by atoms with Gasteiger partial charge in [-0.25, -0.2) is 9.97 Å². The van der Waals surface area contributed by atoms with Gasteiger partial charge in [-0.05, 0) is 37.5 Å². The standard InChI is InChI=1S/C24H27ClN8O/c1-14-8-27-20-3-2-19(26)22(21(14)20)23-18(25)10-28-24(31-23)30-15-9-29-33(11-15)16-4-6-32(7-5-16)17-12-34-13-17/h2-3,8-11,16-17,27H,4-7,12-13,26H2,1H3,(H,28,30,31). The molecule has 0 bridgehead atoms. The molecule has 0 spiro atoms. The van der Waals surface area contributed by atoms with Gasteiger partial charge in [-0.2, -0.15) is 5.10 Å². The van der Waals surface area contributed by atoms with E-state index >= 15 is 0 Å². The van der Waals surface area contributed by atoms with E-state index in [1.807, 2.05) is 37.6 Å². The Labute approximate surface area is 202 Å². The average molecular weight is 479 g/mol. The van der Waals surface area contributed by atoms with Gasteiger partial charge in [0.1, 0.15) is 0 Å². The second-order valence-electron chi connectivity index (χ2n) is 9.11. The number of ether oxygens (including phenoxy) is 1. The number of rotatable bonds is 5. The smallest absolute Gasteiger partial charge is 0.227 e. The number of nitrogens with zero attached hydrogens (tertiary/aromatic N) is 5. The van der Waals surface area contributed by atoms with Crippen LogP contribution in [-0.2, 0) is 4.74 Å². The van der Waals surface area contributed by atoms with Crippen LogP contribution in [0.3, 0.4) is 0 Å². The number of likely N-dealkylation sites (tertiary alicyclic amines) is 1. The van der Waals surface area contributed by atoms with Crippen molar-refractivity contribution in [2.75, 3.05) is 37.4 Å². The number of nitrogens with one attached hydrogen (secondary N) is 2. The lowest BCUT2D eigenvalue weighted by Crippen LogP contribution is -2.51. The Morgan fingerprint density at radius 1 is 1.18 bits per heavy atom. The molecule has 0 unspecified atom stereocenters. The first kappa shape index (κ1) is 21.4. The van der Waals surface area contributed by atoms with Crippen LogP contribution in [0.1, 0.15) is 24.4 Å². The number of aromatic amines is 1. The highest BCUT2D eigenvalue weighted by molar-refractivity contribution is 6.33. The summed E-state index contributed by atoms with van der Waals surface area (Å²) in [6.45, 7) is 5.93. The summed E-state index contributed by atoms with van der Waals surface area (Å²) in [4.78, 5) is 14.9. The van der Waals surface area contributed by atoms with Gasteiger partial charge >= 0.3 is 0 Å². The second kappa shape index (κ2) is 8.57. The molecular weight excluding hydrogens is 452 g/mol. The number of nitrogens with two attached hydrogens (primary N) is 1. The minimum absolute atomic E-state index is 0.392. The molecule has 3 aromatic heterocycles. The normalized spacial score (nSPS) is 17.8. The van der Waals surface area contributed by atoms with Crippen molar-refractivity contribution in [3.63, 3.8) is 0 Å². The van der Waals surface area contributed by atoms with Gasteiger partial charge in [0.2, 0.25) is 5.95 Å². The van der Waals surface area contributed by atoms with Crippen LogP contribution in [0.5, 0.6) is 0 Å². The summed E-state index contributed by atoms with van der Waals surface area (Å²) >= 11 is 6.53. The highest BCUT2D eigenvalue weighted by Gasteiger charge is 2.30. The van der Waals surface area contributed by atoms with Gasteiger partial charge < -0.3 is 20.8 Å². The van der Waals surface area contributed by atoms with Crippen LogP contribution in [-0.4, -0.2) is 62.0 Å². The largest absolute Gasteiger partial charge is 0.398 e. The fourth-order valence-corrected chi connectivity index (χ4v) is 5.13. The Bertz CT molecular complexity index is 1340. The molecule has 4 aromatic rings. The van der Waals surface area contributed by atoms with Crippen molar-refractivity contribution in [2.45, 2.75) is 31.8 Å². The SMILES string of the molecule is Cc1c[nH]c2ccc(N)c(-c3nc(Nc4cnn(C5CCN(C6COC6)CC5)c4)ncc3Cl)c12. The first-order valence-corrected chi connectivity index (χ1v) is 12.0. The Hall–Kier alpha value is -3.14. The third-order valence-corrected chi connectivity index (χ3v) is 7.20. The van der Waals surface area contributed by atoms with E-state index in [2.05, 4.69) is 30.0 Å². The molecule has 176 valence electrons. The molecular formula is C24H27ClN8O. The van der Waals surface area contributed by atoms with Gasteiger partial charge in [-0.3, -0.25) is 9.58 Å². The Kier molecular flexibility index (Phi) is 5.40.